The lowest BCUT2D eigenvalue weighted by atomic mass is 9.99. The van der Waals surface area contributed by atoms with Gasteiger partial charge in [-0.2, -0.15) is 0 Å². The maximum atomic E-state index is 12.1. The average Bonchev–Trinajstić information content (AvgIpc) is 3.07. The molecule has 1 fully saturated rings. The van der Waals surface area contributed by atoms with Crippen LogP contribution in [0.3, 0.4) is 0 Å². The third kappa shape index (κ3) is 2.38. The molecule has 0 spiro atoms. The van der Waals surface area contributed by atoms with E-state index in [-0.39, 0.29) is 5.91 Å². The quantitative estimate of drug-likeness (QED) is 0.852. The van der Waals surface area contributed by atoms with Gasteiger partial charge in [0.25, 0.3) is 0 Å². The molecule has 0 aromatic carbocycles. The molecule has 1 amide bonds. The van der Waals surface area contributed by atoms with Gasteiger partial charge in [-0.3, -0.25) is 9.20 Å². The maximum Gasteiger partial charge on any atom is 0.240 e. The fourth-order valence-electron chi connectivity index (χ4n) is 2.63. The van der Waals surface area contributed by atoms with Crippen molar-refractivity contribution < 1.29 is 4.79 Å². The van der Waals surface area contributed by atoms with Crippen LogP contribution < -0.4 is 10.6 Å². The van der Waals surface area contributed by atoms with Gasteiger partial charge in [-0.25, -0.2) is 0 Å². The zero-order chi connectivity index (χ0) is 14.0. The van der Waals surface area contributed by atoms with Gasteiger partial charge in [0.15, 0.2) is 5.65 Å². The second-order valence-corrected chi connectivity index (χ2v) is 5.41. The first-order valence-corrected chi connectivity index (χ1v) is 7.01. The molecule has 2 aromatic heterocycles. The average molecular weight is 273 g/mol. The molecule has 0 bridgehead atoms. The van der Waals surface area contributed by atoms with Crippen molar-refractivity contribution in [3.63, 3.8) is 0 Å². The largest absolute Gasteiger partial charge is 0.354 e. The second-order valence-electron chi connectivity index (χ2n) is 5.41. The minimum absolute atomic E-state index is 0.0730. The summed E-state index contributed by atoms with van der Waals surface area (Å²) in [5.74, 6) is 0.939. The second kappa shape index (κ2) is 5.20. The monoisotopic (exact) mass is 273 g/mol. The van der Waals surface area contributed by atoms with Crippen molar-refractivity contribution in [2.45, 2.75) is 31.7 Å². The highest BCUT2D eigenvalue weighted by atomic mass is 16.2. The van der Waals surface area contributed by atoms with Crippen molar-refractivity contribution in [2.24, 2.45) is 0 Å². The Morgan fingerprint density at radius 1 is 1.50 bits per heavy atom. The smallest absolute Gasteiger partial charge is 0.240 e. The van der Waals surface area contributed by atoms with Gasteiger partial charge in [0.2, 0.25) is 5.91 Å². The van der Waals surface area contributed by atoms with E-state index in [1.54, 1.807) is 0 Å². The Morgan fingerprint density at radius 3 is 3.20 bits per heavy atom. The van der Waals surface area contributed by atoms with Crippen molar-refractivity contribution in [2.75, 3.05) is 13.1 Å². The van der Waals surface area contributed by atoms with Crippen LogP contribution in [0.2, 0.25) is 0 Å². The number of carbonyl (C=O) groups excluding carboxylic acids is 1. The van der Waals surface area contributed by atoms with Crippen LogP contribution in [-0.4, -0.2) is 39.1 Å². The molecular formula is C14H19N5O. The lowest BCUT2D eigenvalue weighted by Crippen LogP contribution is -2.51. The highest BCUT2D eigenvalue weighted by Crippen LogP contribution is 2.18. The van der Waals surface area contributed by atoms with Gasteiger partial charge in [0.05, 0.1) is 5.54 Å². The summed E-state index contributed by atoms with van der Waals surface area (Å²) in [6.07, 6.45) is 4.56. The van der Waals surface area contributed by atoms with Gasteiger partial charge in [-0.15, -0.1) is 10.2 Å². The Bertz CT molecular complexity index is 615. The highest BCUT2D eigenvalue weighted by Gasteiger charge is 2.35. The highest BCUT2D eigenvalue weighted by molar-refractivity contribution is 5.86. The zero-order valence-corrected chi connectivity index (χ0v) is 11.6. The number of hydrogen-bond donors (Lipinski definition) is 2. The number of aromatic nitrogens is 3. The first-order chi connectivity index (χ1) is 9.69. The molecule has 1 atom stereocenters. The predicted octanol–water partition coefficient (Wildman–Crippen LogP) is 0.530. The van der Waals surface area contributed by atoms with Crippen molar-refractivity contribution in [3.05, 3.63) is 30.2 Å². The Labute approximate surface area is 117 Å². The summed E-state index contributed by atoms with van der Waals surface area (Å²) in [5.41, 5.74) is 0.422. The molecule has 3 heterocycles. The maximum absolute atomic E-state index is 12.1. The molecular weight excluding hydrogens is 254 g/mol. The molecule has 2 aromatic rings. The van der Waals surface area contributed by atoms with Gasteiger partial charge in [-0.05, 0) is 38.4 Å². The van der Waals surface area contributed by atoms with Gasteiger partial charge in [-0.1, -0.05) is 6.07 Å². The van der Waals surface area contributed by atoms with Crippen molar-refractivity contribution >= 4 is 11.6 Å². The predicted molar refractivity (Wildman–Crippen MR) is 75.3 cm³/mol. The molecule has 2 N–H and O–H groups in total. The van der Waals surface area contributed by atoms with Crippen LogP contribution in [0, 0.1) is 0 Å². The first kappa shape index (κ1) is 13.1. The molecule has 0 saturated carbocycles. The zero-order valence-electron chi connectivity index (χ0n) is 11.6. The van der Waals surface area contributed by atoms with E-state index in [1.807, 2.05) is 35.7 Å². The first-order valence-electron chi connectivity index (χ1n) is 7.01. The molecule has 6 heteroatoms. The third-order valence-electron chi connectivity index (χ3n) is 3.89. The van der Waals surface area contributed by atoms with Crippen LogP contribution >= 0.6 is 0 Å². The molecule has 106 valence electrons. The van der Waals surface area contributed by atoms with E-state index in [0.717, 1.165) is 30.9 Å². The van der Waals surface area contributed by atoms with E-state index in [0.29, 0.717) is 13.0 Å². The molecule has 6 nitrogen and oxygen atoms in total. The number of pyridine rings is 1. The van der Waals surface area contributed by atoms with Crippen LogP contribution in [0.4, 0.5) is 0 Å². The van der Waals surface area contributed by atoms with E-state index < -0.39 is 5.54 Å². The fourth-order valence-corrected chi connectivity index (χ4v) is 2.63. The summed E-state index contributed by atoms with van der Waals surface area (Å²) in [4.78, 5) is 12.1. The SMILES string of the molecule is CC1(C(=O)NCCc2nnc3ccccn23)CCCN1. The topological polar surface area (TPSA) is 71.3 Å². The number of hydrogen-bond acceptors (Lipinski definition) is 4. The minimum Gasteiger partial charge on any atom is -0.354 e. The molecule has 1 unspecified atom stereocenters. The molecule has 1 aliphatic heterocycles. The number of fused-ring (bicyclic) bond motifs is 1. The molecule has 0 aliphatic carbocycles. The van der Waals surface area contributed by atoms with E-state index in [9.17, 15) is 4.79 Å². The minimum atomic E-state index is -0.410. The van der Waals surface area contributed by atoms with E-state index in [4.69, 9.17) is 0 Å². The van der Waals surface area contributed by atoms with Crippen LogP contribution in [0.15, 0.2) is 24.4 Å². The lowest BCUT2D eigenvalue weighted by Gasteiger charge is -2.22. The normalized spacial score (nSPS) is 22.2. The van der Waals surface area contributed by atoms with Crippen LogP contribution in [0.1, 0.15) is 25.6 Å². The van der Waals surface area contributed by atoms with Gasteiger partial charge >= 0.3 is 0 Å². The number of carbonyl (C=O) groups is 1. The van der Waals surface area contributed by atoms with Crippen molar-refractivity contribution in [3.8, 4) is 0 Å². The third-order valence-corrected chi connectivity index (χ3v) is 3.89. The van der Waals surface area contributed by atoms with E-state index in [1.165, 1.54) is 0 Å². The Kier molecular flexibility index (Phi) is 3.40. The summed E-state index contributed by atoms with van der Waals surface area (Å²) >= 11 is 0. The van der Waals surface area contributed by atoms with E-state index in [2.05, 4.69) is 20.8 Å². The number of nitrogens with zero attached hydrogens (tertiary/aromatic N) is 3. The van der Waals surface area contributed by atoms with E-state index >= 15 is 0 Å². The number of amides is 1. The summed E-state index contributed by atoms with van der Waals surface area (Å²) in [6.45, 7) is 3.45. The summed E-state index contributed by atoms with van der Waals surface area (Å²) in [7, 11) is 0. The fraction of sp³-hybridized carbons (Fsp3) is 0.500. The molecule has 0 radical (unpaired) electrons. The Morgan fingerprint density at radius 2 is 2.40 bits per heavy atom. The summed E-state index contributed by atoms with van der Waals surface area (Å²) < 4.78 is 1.95. The van der Waals surface area contributed by atoms with Crippen molar-refractivity contribution in [1.29, 1.82) is 0 Å². The molecule has 1 saturated heterocycles. The van der Waals surface area contributed by atoms with Crippen LogP contribution in [-0.2, 0) is 11.2 Å². The summed E-state index contributed by atoms with van der Waals surface area (Å²) in [6, 6.07) is 5.79. The molecule has 20 heavy (non-hydrogen) atoms. The van der Waals surface area contributed by atoms with Crippen molar-refractivity contribution in [1.82, 2.24) is 25.2 Å². The lowest BCUT2D eigenvalue weighted by molar-refractivity contribution is -0.126. The summed E-state index contributed by atoms with van der Waals surface area (Å²) in [5, 5.41) is 14.5. The van der Waals surface area contributed by atoms with Gasteiger partial charge in [0, 0.05) is 19.2 Å². The Balaban J connectivity index is 1.59. The van der Waals surface area contributed by atoms with Crippen LogP contribution in [0.5, 0.6) is 0 Å². The van der Waals surface area contributed by atoms with Gasteiger partial charge in [0.1, 0.15) is 5.82 Å². The standard InChI is InChI=1S/C14H19N5O/c1-14(7-4-8-16-14)13(20)15-9-6-12-18-17-11-5-2-3-10-19(11)12/h2-3,5,10,16H,4,6-9H2,1H3,(H,15,20). The Hall–Kier alpha value is -1.95. The number of nitrogens with one attached hydrogen (secondary N) is 2. The van der Waals surface area contributed by atoms with Crippen LogP contribution in [0.25, 0.3) is 5.65 Å². The number of rotatable bonds is 4. The van der Waals surface area contributed by atoms with Gasteiger partial charge < -0.3 is 10.6 Å². The molecule has 3 rings (SSSR count). The molecule has 1 aliphatic rings.